The van der Waals surface area contributed by atoms with Crippen LogP contribution in [0.3, 0.4) is 0 Å². The first-order chi connectivity index (χ1) is 8.07. The van der Waals surface area contributed by atoms with Crippen LogP contribution < -0.4 is 5.32 Å². The number of rotatable bonds is 5. The van der Waals surface area contributed by atoms with Gasteiger partial charge in [-0.3, -0.25) is 4.90 Å². The molecule has 0 saturated carbocycles. The Morgan fingerprint density at radius 2 is 1.94 bits per heavy atom. The molecule has 0 aromatic heterocycles. The molecule has 2 nitrogen and oxygen atoms in total. The number of piperazine rings is 1. The Bertz CT molecular complexity index is 250. The fraction of sp³-hybridized carbons (Fsp3) is 0.867. The predicted octanol–water partition coefficient (Wildman–Crippen LogP) is 3.20. The van der Waals surface area contributed by atoms with Gasteiger partial charge in [-0.05, 0) is 33.1 Å². The largest absolute Gasteiger partial charge is 0.311 e. The Hall–Kier alpha value is -0.340. The molecule has 0 amide bonds. The van der Waals surface area contributed by atoms with Crippen molar-refractivity contribution in [3.05, 3.63) is 11.6 Å². The highest BCUT2D eigenvalue weighted by molar-refractivity contribution is 5.02. The number of hydrogen-bond donors (Lipinski definition) is 1. The second kappa shape index (κ2) is 6.55. The number of nitrogens with zero attached hydrogens (tertiary/aromatic N) is 1. The van der Waals surface area contributed by atoms with E-state index in [1.54, 1.807) is 0 Å². The van der Waals surface area contributed by atoms with Crippen molar-refractivity contribution in [3.8, 4) is 0 Å². The minimum Gasteiger partial charge on any atom is -0.311 e. The van der Waals surface area contributed by atoms with Crippen LogP contribution in [0.15, 0.2) is 11.6 Å². The van der Waals surface area contributed by atoms with Crippen molar-refractivity contribution >= 4 is 0 Å². The van der Waals surface area contributed by atoms with Crippen LogP contribution in [0.25, 0.3) is 0 Å². The van der Waals surface area contributed by atoms with E-state index >= 15 is 0 Å². The Morgan fingerprint density at radius 3 is 2.41 bits per heavy atom. The third kappa shape index (κ3) is 3.56. The molecule has 1 aliphatic rings. The van der Waals surface area contributed by atoms with Crippen molar-refractivity contribution in [1.82, 2.24) is 10.2 Å². The maximum Gasteiger partial charge on any atom is 0.0332 e. The Kier molecular flexibility index (Phi) is 5.68. The maximum atomic E-state index is 3.72. The molecular weight excluding hydrogens is 208 g/mol. The molecule has 1 unspecified atom stereocenters. The molecular formula is C15H30N2. The average Bonchev–Trinajstić information content (AvgIpc) is 2.35. The second-order valence-electron chi connectivity index (χ2n) is 5.60. The quantitative estimate of drug-likeness (QED) is 0.740. The van der Waals surface area contributed by atoms with Gasteiger partial charge in [-0.25, -0.2) is 0 Å². The standard InChI is InChI=1S/C15H30N2/c1-6-14-11-17(10-9-13(4)5)15(7-2,8-3)12-16-14/h9,14,16H,6-8,10-12H2,1-5H3. The van der Waals surface area contributed by atoms with Crippen LogP contribution in [0.5, 0.6) is 0 Å². The molecule has 100 valence electrons. The van der Waals surface area contributed by atoms with Gasteiger partial charge in [0.15, 0.2) is 0 Å². The van der Waals surface area contributed by atoms with Gasteiger partial charge >= 0.3 is 0 Å². The highest BCUT2D eigenvalue weighted by Crippen LogP contribution is 2.27. The van der Waals surface area contributed by atoms with Gasteiger partial charge < -0.3 is 5.32 Å². The normalized spacial score (nSPS) is 24.6. The van der Waals surface area contributed by atoms with Gasteiger partial charge in [0.1, 0.15) is 0 Å². The van der Waals surface area contributed by atoms with Crippen molar-refractivity contribution in [2.75, 3.05) is 19.6 Å². The lowest BCUT2D eigenvalue weighted by atomic mass is 9.86. The van der Waals surface area contributed by atoms with Gasteiger partial charge in [0, 0.05) is 31.2 Å². The molecule has 1 saturated heterocycles. The molecule has 0 aliphatic carbocycles. The van der Waals surface area contributed by atoms with E-state index in [1.165, 1.54) is 31.4 Å². The summed E-state index contributed by atoms with van der Waals surface area (Å²) in [4.78, 5) is 2.70. The molecule has 1 rings (SSSR count). The van der Waals surface area contributed by atoms with Gasteiger partial charge in [-0.15, -0.1) is 0 Å². The topological polar surface area (TPSA) is 15.3 Å². The molecule has 0 aromatic carbocycles. The van der Waals surface area contributed by atoms with Crippen molar-refractivity contribution in [2.45, 2.75) is 65.5 Å². The molecule has 1 fully saturated rings. The molecule has 17 heavy (non-hydrogen) atoms. The summed E-state index contributed by atoms with van der Waals surface area (Å²) in [5, 5.41) is 3.72. The molecule has 0 bridgehead atoms. The van der Waals surface area contributed by atoms with E-state index in [2.05, 4.69) is 50.9 Å². The van der Waals surface area contributed by atoms with Crippen LogP contribution in [0, 0.1) is 0 Å². The Morgan fingerprint density at radius 1 is 1.29 bits per heavy atom. The highest BCUT2D eigenvalue weighted by Gasteiger charge is 2.37. The third-order valence-electron chi connectivity index (χ3n) is 4.36. The zero-order valence-electron chi connectivity index (χ0n) is 12.3. The van der Waals surface area contributed by atoms with E-state index in [4.69, 9.17) is 0 Å². The van der Waals surface area contributed by atoms with Gasteiger partial charge in [-0.2, -0.15) is 0 Å². The smallest absolute Gasteiger partial charge is 0.0332 e. The first-order valence-corrected chi connectivity index (χ1v) is 7.19. The zero-order valence-corrected chi connectivity index (χ0v) is 12.3. The van der Waals surface area contributed by atoms with Crippen LogP contribution >= 0.6 is 0 Å². The molecule has 1 N–H and O–H groups in total. The summed E-state index contributed by atoms with van der Waals surface area (Å²) in [5.74, 6) is 0. The van der Waals surface area contributed by atoms with E-state index in [0.717, 1.165) is 13.1 Å². The molecule has 1 atom stereocenters. The summed E-state index contributed by atoms with van der Waals surface area (Å²) in [5.41, 5.74) is 1.80. The van der Waals surface area contributed by atoms with Crippen LogP contribution in [0.4, 0.5) is 0 Å². The zero-order chi connectivity index (χ0) is 12.9. The van der Waals surface area contributed by atoms with Crippen molar-refractivity contribution in [1.29, 1.82) is 0 Å². The monoisotopic (exact) mass is 238 g/mol. The summed E-state index contributed by atoms with van der Waals surface area (Å²) in [7, 11) is 0. The van der Waals surface area contributed by atoms with E-state index in [-0.39, 0.29) is 0 Å². The second-order valence-corrected chi connectivity index (χ2v) is 5.60. The minimum absolute atomic E-state index is 0.373. The first kappa shape index (κ1) is 14.7. The van der Waals surface area contributed by atoms with E-state index in [1.807, 2.05) is 0 Å². The highest BCUT2D eigenvalue weighted by atomic mass is 15.3. The third-order valence-corrected chi connectivity index (χ3v) is 4.36. The SMILES string of the molecule is CCC1CN(CC=C(C)C)C(CC)(CC)CN1. The minimum atomic E-state index is 0.373. The summed E-state index contributed by atoms with van der Waals surface area (Å²) in [6.07, 6.45) is 6.08. The number of hydrogen-bond acceptors (Lipinski definition) is 2. The lowest BCUT2D eigenvalue weighted by molar-refractivity contribution is 0.0414. The predicted molar refractivity (Wildman–Crippen MR) is 76.4 cm³/mol. The van der Waals surface area contributed by atoms with Crippen LogP contribution in [-0.4, -0.2) is 36.1 Å². The fourth-order valence-electron chi connectivity index (χ4n) is 2.75. The van der Waals surface area contributed by atoms with E-state index < -0.39 is 0 Å². The lowest BCUT2D eigenvalue weighted by Gasteiger charge is -2.49. The molecule has 2 heteroatoms. The van der Waals surface area contributed by atoms with Gasteiger partial charge in [-0.1, -0.05) is 32.4 Å². The number of allylic oxidation sites excluding steroid dienone is 1. The summed E-state index contributed by atoms with van der Waals surface area (Å²) >= 11 is 0. The molecule has 0 aromatic rings. The van der Waals surface area contributed by atoms with Crippen LogP contribution in [-0.2, 0) is 0 Å². The maximum absolute atomic E-state index is 3.72. The molecule has 1 heterocycles. The van der Waals surface area contributed by atoms with E-state index in [9.17, 15) is 0 Å². The van der Waals surface area contributed by atoms with Crippen LogP contribution in [0.2, 0.25) is 0 Å². The average molecular weight is 238 g/mol. The van der Waals surface area contributed by atoms with Gasteiger partial charge in [0.2, 0.25) is 0 Å². The summed E-state index contributed by atoms with van der Waals surface area (Å²) < 4.78 is 0. The van der Waals surface area contributed by atoms with Gasteiger partial charge in [0.25, 0.3) is 0 Å². The summed E-state index contributed by atoms with van der Waals surface area (Å²) in [6, 6.07) is 0.673. The van der Waals surface area contributed by atoms with Crippen molar-refractivity contribution < 1.29 is 0 Å². The molecule has 1 aliphatic heterocycles. The fourth-order valence-corrected chi connectivity index (χ4v) is 2.75. The van der Waals surface area contributed by atoms with Crippen molar-refractivity contribution in [3.63, 3.8) is 0 Å². The lowest BCUT2D eigenvalue weighted by Crippen LogP contribution is -2.64. The first-order valence-electron chi connectivity index (χ1n) is 7.19. The van der Waals surface area contributed by atoms with E-state index in [0.29, 0.717) is 11.6 Å². The number of nitrogens with one attached hydrogen (secondary N) is 1. The Labute approximate surface area is 107 Å². The molecule has 0 radical (unpaired) electrons. The Balaban J connectivity index is 2.77. The molecule has 0 spiro atoms. The summed E-state index contributed by atoms with van der Waals surface area (Å²) in [6.45, 7) is 14.8. The van der Waals surface area contributed by atoms with Crippen LogP contribution in [0.1, 0.15) is 53.9 Å². The van der Waals surface area contributed by atoms with Gasteiger partial charge in [0.05, 0.1) is 0 Å². The van der Waals surface area contributed by atoms with Crippen molar-refractivity contribution in [2.24, 2.45) is 0 Å².